The third-order valence-corrected chi connectivity index (χ3v) is 7.35. The van der Waals surface area contributed by atoms with Crippen LogP contribution in [0.3, 0.4) is 0 Å². The van der Waals surface area contributed by atoms with Crippen LogP contribution in [0.5, 0.6) is 0 Å². The van der Waals surface area contributed by atoms with E-state index in [-0.39, 0.29) is 35.7 Å². The van der Waals surface area contributed by atoms with Gasteiger partial charge in [0, 0.05) is 19.4 Å². The maximum absolute atomic E-state index is 12.5. The van der Waals surface area contributed by atoms with Gasteiger partial charge in [0.1, 0.15) is 23.4 Å². The predicted octanol–water partition coefficient (Wildman–Crippen LogP) is 3.77. The van der Waals surface area contributed by atoms with E-state index in [1.54, 1.807) is 19.9 Å². The molecule has 0 aromatic heterocycles. The van der Waals surface area contributed by atoms with Gasteiger partial charge in [-0.25, -0.2) is 0 Å². The Labute approximate surface area is 221 Å². The van der Waals surface area contributed by atoms with E-state index in [1.165, 1.54) is 13.0 Å². The number of aliphatic hydroxyl groups excluding tert-OH is 1. The summed E-state index contributed by atoms with van der Waals surface area (Å²) in [6.45, 7) is 15.6. The highest BCUT2D eigenvalue weighted by Gasteiger charge is 2.60. The number of allylic oxidation sites excluding steroid dienone is 2. The lowest BCUT2D eigenvalue weighted by Crippen LogP contribution is -2.53. The molecule has 3 aliphatic heterocycles. The van der Waals surface area contributed by atoms with Crippen LogP contribution < -0.4 is 5.32 Å². The second-order valence-electron chi connectivity index (χ2n) is 12.1. The highest BCUT2D eigenvalue weighted by Crippen LogP contribution is 2.46. The summed E-state index contributed by atoms with van der Waals surface area (Å²) in [4.78, 5) is 23.7. The third-order valence-electron chi connectivity index (χ3n) is 7.35. The molecule has 2 N–H and O–H groups in total. The fourth-order valence-corrected chi connectivity index (χ4v) is 5.35. The highest BCUT2D eigenvalue weighted by molar-refractivity contribution is 5.88. The largest absolute Gasteiger partial charge is 0.456 e. The molecule has 37 heavy (non-hydrogen) atoms. The topological polar surface area (TPSA) is 107 Å². The van der Waals surface area contributed by atoms with Crippen molar-refractivity contribution in [2.75, 3.05) is 6.61 Å². The van der Waals surface area contributed by atoms with E-state index in [4.69, 9.17) is 18.9 Å². The average molecular weight is 520 g/mol. The molecule has 8 heteroatoms. The molecule has 7 atom stereocenters. The number of carbonyl (C=O) groups is 2. The molecule has 0 aliphatic carbocycles. The number of esters is 1. The minimum absolute atomic E-state index is 0.0449. The first-order chi connectivity index (χ1) is 17.1. The summed E-state index contributed by atoms with van der Waals surface area (Å²) >= 11 is 0. The number of amides is 1. The van der Waals surface area contributed by atoms with E-state index in [9.17, 15) is 14.7 Å². The van der Waals surface area contributed by atoms with E-state index in [1.807, 2.05) is 39.8 Å². The van der Waals surface area contributed by atoms with Crippen molar-refractivity contribution in [2.24, 2.45) is 5.92 Å². The van der Waals surface area contributed by atoms with Crippen molar-refractivity contribution < 1.29 is 33.6 Å². The van der Waals surface area contributed by atoms with Crippen molar-refractivity contribution >= 4 is 11.9 Å². The Morgan fingerprint density at radius 2 is 1.86 bits per heavy atom. The molecular formula is C29H45NO7. The van der Waals surface area contributed by atoms with Crippen LogP contribution in [0.2, 0.25) is 0 Å². The van der Waals surface area contributed by atoms with Crippen molar-refractivity contribution in [1.29, 1.82) is 0 Å². The van der Waals surface area contributed by atoms with Gasteiger partial charge in [-0.15, -0.1) is 0 Å². The van der Waals surface area contributed by atoms with Gasteiger partial charge in [0.2, 0.25) is 5.91 Å². The lowest BCUT2D eigenvalue weighted by molar-refractivity contribution is -0.171. The van der Waals surface area contributed by atoms with E-state index in [2.05, 4.69) is 18.3 Å². The van der Waals surface area contributed by atoms with Crippen LogP contribution in [0.25, 0.3) is 0 Å². The van der Waals surface area contributed by atoms with Crippen LogP contribution in [0.15, 0.2) is 36.0 Å². The summed E-state index contributed by atoms with van der Waals surface area (Å²) < 4.78 is 23.2. The van der Waals surface area contributed by atoms with Gasteiger partial charge in [0.05, 0.1) is 30.5 Å². The minimum atomic E-state index is -0.848. The Bertz CT molecular complexity index is 931. The van der Waals surface area contributed by atoms with Gasteiger partial charge >= 0.3 is 5.97 Å². The van der Waals surface area contributed by atoms with Gasteiger partial charge < -0.3 is 29.4 Å². The quantitative estimate of drug-likeness (QED) is 0.218. The van der Waals surface area contributed by atoms with Crippen LogP contribution in [0.4, 0.5) is 0 Å². The Morgan fingerprint density at radius 1 is 1.19 bits per heavy atom. The number of hydrogen-bond acceptors (Lipinski definition) is 7. The molecule has 8 nitrogen and oxygen atoms in total. The average Bonchev–Trinajstić information content (AvgIpc) is 3.53. The Morgan fingerprint density at radius 3 is 2.49 bits per heavy atom. The second-order valence-corrected chi connectivity index (χ2v) is 12.1. The molecule has 208 valence electrons. The van der Waals surface area contributed by atoms with Crippen molar-refractivity contribution in [3.63, 3.8) is 0 Å². The zero-order chi connectivity index (χ0) is 27.6. The van der Waals surface area contributed by atoms with Gasteiger partial charge in [0.15, 0.2) is 0 Å². The summed E-state index contributed by atoms with van der Waals surface area (Å²) in [6, 6.07) is -0.101. The summed E-state index contributed by atoms with van der Waals surface area (Å²) in [7, 11) is 0. The predicted molar refractivity (Wildman–Crippen MR) is 141 cm³/mol. The first-order valence-corrected chi connectivity index (χ1v) is 13.3. The van der Waals surface area contributed by atoms with Crippen molar-refractivity contribution in [2.45, 2.75) is 122 Å². The molecule has 3 rings (SSSR count). The van der Waals surface area contributed by atoms with Crippen LogP contribution >= 0.6 is 0 Å². The van der Waals surface area contributed by atoms with E-state index in [0.29, 0.717) is 13.0 Å². The zero-order valence-corrected chi connectivity index (χ0v) is 23.6. The van der Waals surface area contributed by atoms with E-state index >= 15 is 0 Å². The molecule has 3 aliphatic rings. The SMILES string of the molecule is CC(=O)OC(C)(C)/C=C\C(=O)NC1CC(C)[C@H](C/C=C(C)/C=C/[C@H]2OC(C)(C)C[C@@]3(CO3)[C@@H]2O)O[C@@H]1C. The lowest BCUT2D eigenvalue weighted by atomic mass is 9.83. The molecule has 1 amide bonds. The molecule has 0 radical (unpaired) electrons. The summed E-state index contributed by atoms with van der Waals surface area (Å²) in [6.07, 6.45) is 10.2. The Kier molecular flexibility index (Phi) is 9.10. The van der Waals surface area contributed by atoms with Gasteiger partial charge in [-0.1, -0.05) is 30.7 Å². The zero-order valence-electron chi connectivity index (χ0n) is 23.6. The minimum Gasteiger partial charge on any atom is -0.456 e. The molecular weight excluding hydrogens is 474 g/mol. The van der Waals surface area contributed by atoms with Gasteiger partial charge in [0.25, 0.3) is 0 Å². The molecule has 0 saturated carbocycles. The number of rotatable bonds is 8. The fraction of sp³-hybridized carbons (Fsp3) is 0.724. The Balaban J connectivity index is 1.50. The maximum atomic E-state index is 12.5. The monoisotopic (exact) mass is 519 g/mol. The summed E-state index contributed by atoms with van der Waals surface area (Å²) in [5.74, 6) is -0.373. The van der Waals surface area contributed by atoms with Crippen molar-refractivity contribution in [1.82, 2.24) is 5.32 Å². The van der Waals surface area contributed by atoms with Gasteiger partial charge in [-0.05, 0) is 66.4 Å². The lowest BCUT2D eigenvalue weighted by Gasteiger charge is -2.41. The molecule has 0 bridgehead atoms. The maximum Gasteiger partial charge on any atom is 0.303 e. The third kappa shape index (κ3) is 8.24. The van der Waals surface area contributed by atoms with Crippen LogP contribution in [0.1, 0.15) is 74.7 Å². The highest BCUT2D eigenvalue weighted by atomic mass is 16.6. The molecule has 2 unspecified atom stereocenters. The first-order valence-electron chi connectivity index (χ1n) is 13.3. The summed E-state index contributed by atoms with van der Waals surface area (Å²) in [5, 5.41) is 13.7. The molecule has 1 spiro atoms. The number of epoxide rings is 1. The van der Waals surface area contributed by atoms with E-state index in [0.717, 1.165) is 18.4 Å². The molecule has 3 fully saturated rings. The molecule has 3 heterocycles. The molecule has 0 aromatic rings. The number of nitrogens with one attached hydrogen (secondary N) is 1. The van der Waals surface area contributed by atoms with Crippen molar-refractivity contribution in [3.8, 4) is 0 Å². The number of hydrogen-bond donors (Lipinski definition) is 2. The smallest absolute Gasteiger partial charge is 0.303 e. The fourth-order valence-electron chi connectivity index (χ4n) is 5.35. The number of aliphatic hydroxyl groups is 1. The van der Waals surface area contributed by atoms with Crippen LogP contribution in [-0.2, 0) is 28.5 Å². The van der Waals surface area contributed by atoms with Crippen molar-refractivity contribution in [3.05, 3.63) is 36.0 Å². The van der Waals surface area contributed by atoms with Gasteiger partial charge in [-0.2, -0.15) is 0 Å². The standard InChI is InChI=1S/C29H45NO7/c1-18(10-12-24-26(33)29(17-34-29)16-28(7,8)37-24)9-11-23-19(2)15-22(20(3)35-23)30-25(32)13-14-27(5,6)36-21(4)31/h9-10,12-14,19-20,22-24,26,33H,11,15-17H2,1-8H3,(H,30,32)/b12-10+,14-13-,18-9+/t19?,20-,22?,23+,24-,26-,29-/m1/s1. The van der Waals surface area contributed by atoms with Crippen LogP contribution in [0, 0.1) is 5.92 Å². The van der Waals surface area contributed by atoms with Crippen LogP contribution in [-0.4, -0.2) is 70.9 Å². The van der Waals surface area contributed by atoms with E-state index < -0.39 is 29.4 Å². The summed E-state index contributed by atoms with van der Waals surface area (Å²) in [5.41, 5.74) is -0.580. The second kappa shape index (κ2) is 11.4. The number of carbonyl (C=O) groups excluding carboxylic acids is 2. The Hall–Kier alpha value is -2.00. The number of ether oxygens (including phenoxy) is 4. The van der Waals surface area contributed by atoms with Gasteiger partial charge in [-0.3, -0.25) is 9.59 Å². The molecule has 3 saturated heterocycles. The normalized spacial score (nSPS) is 36.2. The molecule has 0 aromatic carbocycles. The first kappa shape index (κ1) is 29.6.